The summed E-state index contributed by atoms with van der Waals surface area (Å²) in [4.78, 5) is 2.75. The molecule has 0 heterocycles. The molecule has 0 radical (unpaired) electrons. The van der Waals surface area contributed by atoms with E-state index in [4.69, 9.17) is 0 Å². The monoisotopic (exact) mass is 297 g/mol. The van der Waals surface area contributed by atoms with Crippen molar-refractivity contribution in [2.75, 3.05) is 19.6 Å². The minimum atomic E-state index is 0.869. The van der Waals surface area contributed by atoms with Gasteiger partial charge < -0.3 is 4.90 Å². The molecule has 0 aliphatic rings. The molecule has 0 amide bonds. The molecule has 128 valence electrons. The summed E-state index contributed by atoms with van der Waals surface area (Å²) in [5, 5.41) is 0. The second-order valence-electron chi connectivity index (χ2n) is 7.68. The molecular weight excluding hydrogens is 254 g/mol. The Hall–Kier alpha value is -0.0400. The minimum absolute atomic E-state index is 0.869. The highest BCUT2D eigenvalue weighted by Gasteiger charge is 2.05. The van der Waals surface area contributed by atoms with E-state index in [1.54, 1.807) is 0 Å². The zero-order chi connectivity index (χ0) is 15.9. The fraction of sp³-hybridized carbons (Fsp3) is 1.00. The molecular formula is C20H43N. The van der Waals surface area contributed by atoms with Gasteiger partial charge in [-0.3, -0.25) is 0 Å². The highest BCUT2D eigenvalue weighted by atomic mass is 15.1. The summed E-state index contributed by atoms with van der Waals surface area (Å²) in [5.41, 5.74) is 0. The second-order valence-corrected chi connectivity index (χ2v) is 7.68. The van der Waals surface area contributed by atoms with Gasteiger partial charge in [0.05, 0.1) is 0 Å². The third-order valence-electron chi connectivity index (χ3n) is 4.34. The average molecular weight is 298 g/mol. The van der Waals surface area contributed by atoms with E-state index in [1.807, 2.05) is 0 Å². The van der Waals surface area contributed by atoms with E-state index >= 15 is 0 Å². The van der Waals surface area contributed by atoms with Gasteiger partial charge in [-0.05, 0) is 50.7 Å². The molecule has 1 nitrogen and oxygen atoms in total. The summed E-state index contributed by atoms with van der Waals surface area (Å²) in [6, 6.07) is 0. The third-order valence-corrected chi connectivity index (χ3v) is 4.34. The SMILES string of the molecule is CCCCCCN(CCCCC(C)C)CCCCC(C)C. The molecule has 0 spiro atoms. The summed E-state index contributed by atoms with van der Waals surface area (Å²) in [7, 11) is 0. The predicted molar refractivity (Wildman–Crippen MR) is 98.0 cm³/mol. The van der Waals surface area contributed by atoms with Crippen molar-refractivity contribution < 1.29 is 0 Å². The summed E-state index contributed by atoms with van der Waals surface area (Å²) in [6.45, 7) is 15.7. The van der Waals surface area contributed by atoms with Crippen LogP contribution in [0, 0.1) is 11.8 Å². The number of hydrogen-bond donors (Lipinski definition) is 0. The van der Waals surface area contributed by atoms with Crippen LogP contribution in [0.15, 0.2) is 0 Å². The van der Waals surface area contributed by atoms with Gasteiger partial charge in [-0.25, -0.2) is 0 Å². The average Bonchev–Trinajstić information content (AvgIpc) is 2.42. The molecule has 0 saturated heterocycles. The van der Waals surface area contributed by atoms with Crippen LogP contribution in [0.1, 0.15) is 98.8 Å². The lowest BCUT2D eigenvalue weighted by molar-refractivity contribution is 0.252. The van der Waals surface area contributed by atoms with Gasteiger partial charge in [0.1, 0.15) is 0 Å². The smallest absolute Gasteiger partial charge is 0.00187 e. The van der Waals surface area contributed by atoms with Gasteiger partial charge in [-0.15, -0.1) is 0 Å². The molecule has 0 rings (SSSR count). The first-order valence-corrected chi connectivity index (χ1v) is 9.78. The van der Waals surface area contributed by atoms with Crippen molar-refractivity contribution in [2.45, 2.75) is 98.8 Å². The first-order chi connectivity index (χ1) is 10.1. The van der Waals surface area contributed by atoms with Crippen molar-refractivity contribution in [2.24, 2.45) is 11.8 Å². The molecule has 0 aromatic rings. The van der Waals surface area contributed by atoms with E-state index in [9.17, 15) is 0 Å². The molecule has 0 N–H and O–H groups in total. The molecule has 0 saturated carbocycles. The Morgan fingerprint density at radius 2 is 1.00 bits per heavy atom. The van der Waals surface area contributed by atoms with Crippen LogP contribution < -0.4 is 0 Å². The summed E-state index contributed by atoms with van der Waals surface area (Å²) in [6.07, 6.45) is 14.0. The van der Waals surface area contributed by atoms with Gasteiger partial charge >= 0.3 is 0 Å². The number of hydrogen-bond acceptors (Lipinski definition) is 1. The normalized spacial score (nSPS) is 12.0. The van der Waals surface area contributed by atoms with E-state index in [0.29, 0.717) is 0 Å². The zero-order valence-electron chi connectivity index (χ0n) is 15.8. The van der Waals surface area contributed by atoms with Gasteiger partial charge in [0.2, 0.25) is 0 Å². The zero-order valence-corrected chi connectivity index (χ0v) is 15.8. The molecule has 0 unspecified atom stereocenters. The van der Waals surface area contributed by atoms with Crippen molar-refractivity contribution in [1.29, 1.82) is 0 Å². The largest absolute Gasteiger partial charge is 0.303 e. The van der Waals surface area contributed by atoms with Crippen LogP contribution in [0.25, 0.3) is 0 Å². The van der Waals surface area contributed by atoms with Gasteiger partial charge in [-0.2, -0.15) is 0 Å². The van der Waals surface area contributed by atoms with Gasteiger partial charge in [0, 0.05) is 0 Å². The lowest BCUT2D eigenvalue weighted by Gasteiger charge is -2.22. The Balaban J connectivity index is 3.79. The molecule has 0 aromatic carbocycles. The Bertz CT molecular complexity index is 182. The third kappa shape index (κ3) is 16.2. The first kappa shape index (κ1) is 21.0. The van der Waals surface area contributed by atoms with E-state index in [-0.39, 0.29) is 0 Å². The van der Waals surface area contributed by atoms with E-state index in [0.717, 1.165) is 11.8 Å². The fourth-order valence-electron chi connectivity index (χ4n) is 2.87. The highest BCUT2D eigenvalue weighted by molar-refractivity contribution is 4.60. The summed E-state index contributed by atoms with van der Waals surface area (Å²) in [5.74, 6) is 1.74. The molecule has 0 bridgehead atoms. The Kier molecular flexibility index (Phi) is 14.9. The number of rotatable bonds is 15. The van der Waals surface area contributed by atoms with Crippen molar-refractivity contribution >= 4 is 0 Å². The van der Waals surface area contributed by atoms with Crippen LogP contribution in [-0.2, 0) is 0 Å². The van der Waals surface area contributed by atoms with Crippen LogP contribution in [0.5, 0.6) is 0 Å². The quantitative estimate of drug-likeness (QED) is 0.311. The fourth-order valence-corrected chi connectivity index (χ4v) is 2.87. The Labute approximate surface area is 135 Å². The first-order valence-electron chi connectivity index (χ1n) is 9.78. The minimum Gasteiger partial charge on any atom is -0.303 e. The molecule has 0 fully saturated rings. The standard InChI is InChI=1S/C20H43N/c1-6-7-8-11-16-21(17-12-9-14-19(2)3)18-13-10-15-20(4)5/h19-20H,6-18H2,1-5H3. The van der Waals surface area contributed by atoms with Crippen molar-refractivity contribution in [3.05, 3.63) is 0 Å². The maximum absolute atomic E-state index is 2.75. The molecule has 0 aliphatic heterocycles. The van der Waals surface area contributed by atoms with Crippen LogP contribution in [0.3, 0.4) is 0 Å². The predicted octanol–water partition coefficient (Wildman–Crippen LogP) is 6.52. The lowest BCUT2D eigenvalue weighted by atomic mass is 10.1. The summed E-state index contributed by atoms with van der Waals surface area (Å²) >= 11 is 0. The summed E-state index contributed by atoms with van der Waals surface area (Å²) < 4.78 is 0. The maximum Gasteiger partial charge on any atom is -0.00187 e. The number of nitrogens with zero attached hydrogens (tertiary/aromatic N) is 1. The highest BCUT2D eigenvalue weighted by Crippen LogP contribution is 2.11. The van der Waals surface area contributed by atoms with Gasteiger partial charge in [0.15, 0.2) is 0 Å². The Morgan fingerprint density at radius 3 is 1.38 bits per heavy atom. The number of unbranched alkanes of at least 4 members (excludes halogenated alkanes) is 5. The van der Waals surface area contributed by atoms with E-state index in [1.165, 1.54) is 83.8 Å². The van der Waals surface area contributed by atoms with Crippen LogP contribution in [0.4, 0.5) is 0 Å². The van der Waals surface area contributed by atoms with Crippen molar-refractivity contribution in [3.8, 4) is 0 Å². The van der Waals surface area contributed by atoms with Gasteiger partial charge in [0.25, 0.3) is 0 Å². The van der Waals surface area contributed by atoms with E-state index < -0.39 is 0 Å². The van der Waals surface area contributed by atoms with Crippen LogP contribution in [-0.4, -0.2) is 24.5 Å². The molecule has 1 heteroatoms. The van der Waals surface area contributed by atoms with Gasteiger partial charge in [-0.1, -0.05) is 79.6 Å². The second kappa shape index (κ2) is 14.9. The van der Waals surface area contributed by atoms with Crippen molar-refractivity contribution in [3.63, 3.8) is 0 Å². The lowest BCUT2D eigenvalue weighted by Crippen LogP contribution is -2.27. The van der Waals surface area contributed by atoms with Crippen LogP contribution in [0.2, 0.25) is 0 Å². The maximum atomic E-state index is 2.75. The molecule has 0 atom stereocenters. The molecule has 0 aliphatic carbocycles. The topological polar surface area (TPSA) is 3.24 Å². The Morgan fingerprint density at radius 1 is 0.571 bits per heavy atom. The van der Waals surface area contributed by atoms with E-state index in [2.05, 4.69) is 39.5 Å². The molecule has 0 aromatic heterocycles. The van der Waals surface area contributed by atoms with Crippen molar-refractivity contribution in [1.82, 2.24) is 4.90 Å². The van der Waals surface area contributed by atoms with Crippen LogP contribution >= 0.6 is 0 Å². The molecule has 21 heavy (non-hydrogen) atoms.